The normalized spacial score (nSPS) is 34.0. The maximum absolute atomic E-state index is 11.9. The van der Waals surface area contributed by atoms with Crippen LogP contribution in [-0.2, 0) is 14.3 Å². The van der Waals surface area contributed by atoms with Crippen molar-refractivity contribution >= 4 is 5.78 Å². The second kappa shape index (κ2) is 4.84. The highest BCUT2D eigenvalue weighted by molar-refractivity contribution is 5.89. The van der Waals surface area contributed by atoms with Crippen molar-refractivity contribution in [2.45, 2.75) is 12.1 Å². The van der Waals surface area contributed by atoms with Gasteiger partial charge in [0, 0.05) is 13.1 Å². The van der Waals surface area contributed by atoms with Crippen LogP contribution in [0.25, 0.3) is 0 Å². The third kappa shape index (κ3) is 2.30. The van der Waals surface area contributed by atoms with Crippen molar-refractivity contribution in [3.63, 3.8) is 0 Å². The first-order valence-corrected chi connectivity index (χ1v) is 5.04. The Balaban J connectivity index is 1.85. The van der Waals surface area contributed by atoms with Crippen molar-refractivity contribution in [1.29, 1.82) is 0 Å². The van der Waals surface area contributed by atoms with E-state index in [0.29, 0.717) is 26.4 Å². The van der Waals surface area contributed by atoms with E-state index in [-0.39, 0.29) is 17.9 Å². The fraction of sp³-hybridized carbons (Fsp3) is 0.889. The van der Waals surface area contributed by atoms with E-state index in [1.54, 1.807) is 0 Å². The van der Waals surface area contributed by atoms with Crippen LogP contribution in [0.2, 0.25) is 0 Å². The number of rotatable bonds is 2. The van der Waals surface area contributed by atoms with Crippen LogP contribution in [0.1, 0.15) is 0 Å². The maximum atomic E-state index is 11.9. The fourth-order valence-corrected chi connectivity index (χ4v) is 1.74. The molecule has 14 heavy (non-hydrogen) atoms. The number of ether oxygens (including phenoxy) is 2. The molecular formula is C9H16N2O3. The zero-order chi connectivity index (χ0) is 9.80. The summed E-state index contributed by atoms with van der Waals surface area (Å²) in [6.07, 6.45) is 0. The van der Waals surface area contributed by atoms with E-state index in [4.69, 9.17) is 9.47 Å². The summed E-state index contributed by atoms with van der Waals surface area (Å²) in [6, 6.07) is -0.328. The summed E-state index contributed by atoms with van der Waals surface area (Å²) in [4.78, 5) is 11.9. The molecule has 2 saturated heterocycles. The molecule has 5 nitrogen and oxygen atoms in total. The van der Waals surface area contributed by atoms with Crippen molar-refractivity contribution in [3.05, 3.63) is 0 Å². The molecule has 0 aromatic rings. The summed E-state index contributed by atoms with van der Waals surface area (Å²) in [5, 5.41) is 6.29. The monoisotopic (exact) mass is 200 g/mol. The van der Waals surface area contributed by atoms with Gasteiger partial charge < -0.3 is 20.1 Å². The van der Waals surface area contributed by atoms with Gasteiger partial charge in [-0.3, -0.25) is 4.79 Å². The van der Waals surface area contributed by atoms with Gasteiger partial charge in [0.2, 0.25) is 0 Å². The van der Waals surface area contributed by atoms with E-state index in [9.17, 15) is 4.79 Å². The lowest BCUT2D eigenvalue weighted by atomic mass is 10.1. The Labute approximate surface area is 83.1 Å². The standard InChI is InChI=1S/C9H16N2O3/c12-9(7-5-13-3-1-10-7)8-6-14-4-2-11-8/h7-8,10-11H,1-6H2. The number of hydrogen-bond acceptors (Lipinski definition) is 5. The van der Waals surface area contributed by atoms with Crippen LogP contribution >= 0.6 is 0 Å². The summed E-state index contributed by atoms with van der Waals surface area (Å²) in [6.45, 7) is 3.86. The SMILES string of the molecule is O=C(C1COCCN1)C1COCCN1. The molecule has 2 atom stereocenters. The lowest BCUT2D eigenvalue weighted by Gasteiger charge is -2.29. The molecule has 0 aromatic heterocycles. The molecule has 2 fully saturated rings. The van der Waals surface area contributed by atoms with E-state index >= 15 is 0 Å². The Morgan fingerprint density at radius 1 is 1.00 bits per heavy atom. The first-order valence-electron chi connectivity index (χ1n) is 5.04. The zero-order valence-corrected chi connectivity index (χ0v) is 8.12. The Hall–Kier alpha value is -0.490. The van der Waals surface area contributed by atoms with Crippen LogP contribution in [0, 0.1) is 0 Å². The van der Waals surface area contributed by atoms with Crippen LogP contribution in [0.5, 0.6) is 0 Å². The van der Waals surface area contributed by atoms with Crippen molar-refractivity contribution < 1.29 is 14.3 Å². The summed E-state index contributed by atoms with van der Waals surface area (Å²) >= 11 is 0. The molecule has 2 aliphatic heterocycles. The van der Waals surface area contributed by atoms with Gasteiger partial charge in [0.1, 0.15) is 0 Å². The molecule has 0 saturated carbocycles. The fourth-order valence-electron chi connectivity index (χ4n) is 1.74. The van der Waals surface area contributed by atoms with Crippen LogP contribution in [0.3, 0.4) is 0 Å². The Bertz CT molecular complexity index is 178. The summed E-state index contributed by atoms with van der Waals surface area (Å²) in [5.74, 6) is 0.157. The molecule has 80 valence electrons. The first kappa shape index (κ1) is 10.0. The number of carbonyl (C=O) groups excluding carboxylic acids is 1. The Morgan fingerprint density at radius 2 is 1.50 bits per heavy atom. The molecule has 5 heteroatoms. The van der Waals surface area contributed by atoms with Crippen molar-refractivity contribution in [1.82, 2.24) is 10.6 Å². The summed E-state index contributed by atoms with van der Waals surface area (Å²) in [5.41, 5.74) is 0. The Kier molecular flexibility index (Phi) is 3.47. The molecule has 0 aromatic carbocycles. The second-order valence-electron chi connectivity index (χ2n) is 3.57. The van der Waals surface area contributed by atoms with Crippen molar-refractivity contribution in [3.8, 4) is 0 Å². The molecule has 2 N–H and O–H groups in total. The highest BCUT2D eigenvalue weighted by atomic mass is 16.5. The van der Waals surface area contributed by atoms with Crippen LogP contribution in [0.15, 0.2) is 0 Å². The second-order valence-corrected chi connectivity index (χ2v) is 3.57. The minimum Gasteiger partial charge on any atom is -0.378 e. The van der Waals surface area contributed by atoms with Gasteiger partial charge in [0.05, 0.1) is 38.5 Å². The third-order valence-electron chi connectivity index (χ3n) is 2.53. The largest absolute Gasteiger partial charge is 0.378 e. The topological polar surface area (TPSA) is 59.6 Å². The van der Waals surface area contributed by atoms with Gasteiger partial charge in [-0.15, -0.1) is 0 Å². The van der Waals surface area contributed by atoms with E-state index < -0.39 is 0 Å². The molecule has 0 aliphatic carbocycles. The van der Waals surface area contributed by atoms with E-state index in [0.717, 1.165) is 13.1 Å². The van der Waals surface area contributed by atoms with Gasteiger partial charge in [0.15, 0.2) is 5.78 Å². The molecular weight excluding hydrogens is 184 g/mol. The van der Waals surface area contributed by atoms with Gasteiger partial charge in [-0.25, -0.2) is 0 Å². The minimum atomic E-state index is -0.164. The van der Waals surface area contributed by atoms with Crippen molar-refractivity contribution in [2.75, 3.05) is 39.5 Å². The number of morpholine rings is 2. The van der Waals surface area contributed by atoms with Gasteiger partial charge in [-0.05, 0) is 0 Å². The molecule has 2 unspecified atom stereocenters. The summed E-state index contributed by atoms with van der Waals surface area (Å²) in [7, 11) is 0. The van der Waals surface area contributed by atoms with Gasteiger partial charge in [0.25, 0.3) is 0 Å². The lowest BCUT2D eigenvalue weighted by molar-refractivity contribution is -0.128. The predicted octanol–water partition coefficient (Wildman–Crippen LogP) is -1.47. The zero-order valence-electron chi connectivity index (χ0n) is 8.12. The first-order chi connectivity index (χ1) is 6.88. The number of ketones is 1. The molecule has 2 aliphatic rings. The molecule has 0 radical (unpaired) electrons. The van der Waals surface area contributed by atoms with Crippen molar-refractivity contribution in [2.24, 2.45) is 0 Å². The average molecular weight is 200 g/mol. The molecule has 2 heterocycles. The number of hydrogen-bond donors (Lipinski definition) is 2. The van der Waals surface area contributed by atoms with Gasteiger partial charge >= 0.3 is 0 Å². The average Bonchev–Trinajstić information content (AvgIpc) is 2.30. The lowest BCUT2D eigenvalue weighted by Crippen LogP contribution is -2.56. The molecule has 0 spiro atoms. The Morgan fingerprint density at radius 3 is 1.86 bits per heavy atom. The highest BCUT2D eigenvalue weighted by Gasteiger charge is 2.29. The molecule has 2 rings (SSSR count). The van der Waals surface area contributed by atoms with E-state index in [2.05, 4.69) is 10.6 Å². The summed E-state index contributed by atoms with van der Waals surface area (Å²) < 4.78 is 10.5. The molecule has 0 bridgehead atoms. The molecule has 0 amide bonds. The number of carbonyl (C=O) groups is 1. The van der Waals surface area contributed by atoms with Crippen LogP contribution < -0.4 is 10.6 Å². The van der Waals surface area contributed by atoms with E-state index in [1.165, 1.54) is 0 Å². The minimum absolute atomic E-state index is 0.157. The van der Waals surface area contributed by atoms with Gasteiger partial charge in [-0.1, -0.05) is 0 Å². The van der Waals surface area contributed by atoms with E-state index in [1.807, 2.05) is 0 Å². The quantitative estimate of drug-likeness (QED) is 0.570. The van der Waals surface area contributed by atoms with Crippen LogP contribution in [-0.4, -0.2) is 57.4 Å². The van der Waals surface area contributed by atoms with Crippen LogP contribution in [0.4, 0.5) is 0 Å². The number of Topliss-reactive ketones (excluding diaryl/α,β-unsaturated/α-hetero) is 1. The third-order valence-corrected chi connectivity index (χ3v) is 2.53. The smallest absolute Gasteiger partial charge is 0.171 e. The number of nitrogens with one attached hydrogen (secondary N) is 2. The predicted molar refractivity (Wildman–Crippen MR) is 50.2 cm³/mol. The maximum Gasteiger partial charge on any atom is 0.171 e. The van der Waals surface area contributed by atoms with Gasteiger partial charge in [-0.2, -0.15) is 0 Å². The highest BCUT2D eigenvalue weighted by Crippen LogP contribution is 2.02.